The van der Waals surface area contributed by atoms with Gasteiger partial charge in [-0.2, -0.15) is 10.2 Å². The van der Waals surface area contributed by atoms with Crippen LogP contribution in [0.5, 0.6) is 0 Å². The van der Waals surface area contributed by atoms with Crippen molar-refractivity contribution in [1.29, 1.82) is 0 Å². The highest BCUT2D eigenvalue weighted by Crippen LogP contribution is 2.26. The van der Waals surface area contributed by atoms with Crippen LogP contribution >= 0.6 is 0 Å². The highest BCUT2D eigenvalue weighted by atomic mass is 19.1. The molecule has 1 aliphatic rings. The molecule has 1 amide bonds. The van der Waals surface area contributed by atoms with Gasteiger partial charge in [0, 0.05) is 25.5 Å². The summed E-state index contributed by atoms with van der Waals surface area (Å²) in [4.78, 5) is 23.7. The predicted octanol–water partition coefficient (Wildman–Crippen LogP) is 5.03. The zero-order valence-corrected chi connectivity index (χ0v) is 19.1. The van der Waals surface area contributed by atoms with E-state index in [0.29, 0.717) is 24.5 Å². The fourth-order valence-electron chi connectivity index (χ4n) is 3.76. The Balaban J connectivity index is 1.46. The van der Waals surface area contributed by atoms with E-state index >= 15 is 0 Å². The van der Waals surface area contributed by atoms with Gasteiger partial charge in [-0.25, -0.2) is 14.4 Å². The third kappa shape index (κ3) is 5.89. The van der Waals surface area contributed by atoms with Crippen LogP contribution in [0.25, 0.3) is 0 Å². The van der Waals surface area contributed by atoms with Gasteiger partial charge in [-0.05, 0) is 66.8 Å². The summed E-state index contributed by atoms with van der Waals surface area (Å²) in [6, 6.07) is 14.0. The van der Waals surface area contributed by atoms with Crippen LogP contribution in [0, 0.1) is 5.82 Å². The molecule has 1 aromatic carbocycles. The van der Waals surface area contributed by atoms with Gasteiger partial charge in [-0.15, -0.1) is 0 Å². The molecule has 1 aliphatic heterocycles. The first-order chi connectivity index (χ1) is 16.6. The number of nitrogens with zero attached hydrogens (tertiary/aromatic N) is 5. The van der Waals surface area contributed by atoms with E-state index in [1.54, 1.807) is 36.7 Å². The van der Waals surface area contributed by atoms with Crippen LogP contribution in [0.1, 0.15) is 53.4 Å². The van der Waals surface area contributed by atoms with Crippen molar-refractivity contribution in [1.82, 2.24) is 9.97 Å². The first kappa shape index (κ1) is 23.2. The van der Waals surface area contributed by atoms with Crippen LogP contribution in [-0.4, -0.2) is 34.8 Å². The molecule has 174 valence electrons. The highest BCUT2D eigenvalue weighted by Gasteiger charge is 2.22. The summed E-state index contributed by atoms with van der Waals surface area (Å²) >= 11 is 0. The van der Waals surface area contributed by atoms with E-state index < -0.39 is 11.7 Å². The van der Waals surface area contributed by atoms with Gasteiger partial charge < -0.3 is 10.2 Å². The number of rotatable bonds is 8. The Morgan fingerprint density at radius 1 is 1.18 bits per heavy atom. The van der Waals surface area contributed by atoms with Gasteiger partial charge >= 0.3 is 0 Å². The second kappa shape index (κ2) is 11.3. The molecule has 8 heteroatoms. The molecular weight excluding hydrogens is 431 g/mol. The van der Waals surface area contributed by atoms with E-state index in [9.17, 15) is 9.18 Å². The SMILES string of the molecule is CCCC/C=N/N=C/c1cccc(NC(=O)c2cc3c(cc2F)CCN(c2ccccn2)C3)n1. The first-order valence-electron chi connectivity index (χ1n) is 11.4. The lowest BCUT2D eigenvalue weighted by molar-refractivity contribution is 0.102. The number of anilines is 2. The molecule has 0 bridgehead atoms. The zero-order chi connectivity index (χ0) is 23.8. The lowest BCUT2D eigenvalue weighted by Gasteiger charge is -2.30. The number of amides is 1. The summed E-state index contributed by atoms with van der Waals surface area (Å²) in [5.41, 5.74) is 2.36. The molecule has 3 aromatic rings. The van der Waals surface area contributed by atoms with Gasteiger partial charge in [0.05, 0.1) is 17.5 Å². The maximum atomic E-state index is 14.8. The Morgan fingerprint density at radius 3 is 2.91 bits per heavy atom. The Morgan fingerprint density at radius 2 is 2.09 bits per heavy atom. The lowest BCUT2D eigenvalue weighted by atomic mass is 9.96. The number of fused-ring (bicyclic) bond motifs is 1. The lowest BCUT2D eigenvalue weighted by Crippen LogP contribution is -2.31. The molecule has 2 aromatic heterocycles. The zero-order valence-electron chi connectivity index (χ0n) is 19.1. The Labute approximate surface area is 198 Å². The molecule has 0 spiro atoms. The summed E-state index contributed by atoms with van der Waals surface area (Å²) in [5, 5.41) is 10.7. The number of carbonyl (C=O) groups is 1. The first-order valence-corrected chi connectivity index (χ1v) is 11.4. The number of pyridine rings is 2. The van der Waals surface area contributed by atoms with Crippen molar-refractivity contribution in [3.05, 3.63) is 82.9 Å². The van der Waals surface area contributed by atoms with Crippen LogP contribution in [0.2, 0.25) is 0 Å². The topological polar surface area (TPSA) is 82.8 Å². The second-order valence-electron chi connectivity index (χ2n) is 8.05. The van der Waals surface area contributed by atoms with E-state index in [1.807, 2.05) is 18.2 Å². The highest BCUT2D eigenvalue weighted by molar-refractivity contribution is 6.04. The van der Waals surface area contributed by atoms with Crippen LogP contribution in [0.4, 0.5) is 16.0 Å². The third-order valence-electron chi connectivity index (χ3n) is 5.56. The number of hydrogen-bond acceptors (Lipinski definition) is 6. The standard InChI is InChI=1S/C26H27FN6O/c1-2-3-5-13-29-30-17-21-8-7-9-24(31-21)32-26(34)22-15-20-18-33(25-10-4-6-12-28-25)14-11-19(20)16-23(22)27/h4,6-10,12-13,15-17H,2-3,5,11,14,18H2,1H3,(H,31,32,34)/b29-13+,30-17+. The van der Waals surface area contributed by atoms with Crippen molar-refractivity contribution in [3.8, 4) is 0 Å². The largest absolute Gasteiger partial charge is 0.352 e. The number of halogens is 1. The maximum Gasteiger partial charge on any atom is 0.259 e. The number of aromatic nitrogens is 2. The van der Waals surface area contributed by atoms with E-state index in [2.05, 4.69) is 37.3 Å². The molecular formula is C26H27FN6O. The van der Waals surface area contributed by atoms with E-state index in [1.165, 1.54) is 12.3 Å². The molecule has 0 aliphatic carbocycles. The Bertz CT molecular complexity index is 1200. The summed E-state index contributed by atoms with van der Waals surface area (Å²) in [5.74, 6) is 0.0908. The molecule has 0 saturated carbocycles. The summed E-state index contributed by atoms with van der Waals surface area (Å²) < 4.78 is 14.8. The second-order valence-corrected chi connectivity index (χ2v) is 8.05. The minimum Gasteiger partial charge on any atom is -0.352 e. The minimum absolute atomic E-state index is 0.0111. The normalized spacial score (nSPS) is 13.4. The molecule has 0 atom stereocenters. The summed E-state index contributed by atoms with van der Waals surface area (Å²) in [6.07, 6.45) is 8.77. The molecule has 0 unspecified atom stereocenters. The molecule has 34 heavy (non-hydrogen) atoms. The van der Waals surface area contributed by atoms with Gasteiger partial charge in [0.15, 0.2) is 0 Å². The van der Waals surface area contributed by atoms with Gasteiger partial charge in [0.1, 0.15) is 17.5 Å². The smallest absolute Gasteiger partial charge is 0.259 e. The Hall–Kier alpha value is -3.94. The van der Waals surface area contributed by atoms with Crippen LogP contribution in [0.3, 0.4) is 0 Å². The van der Waals surface area contributed by atoms with E-state index in [4.69, 9.17) is 0 Å². The number of nitrogens with one attached hydrogen (secondary N) is 1. The van der Waals surface area contributed by atoms with Crippen molar-refractivity contribution in [2.24, 2.45) is 10.2 Å². The van der Waals surface area contributed by atoms with Crippen molar-refractivity contribution in [2.45, 2.75) is 39.2 Å². The van der Waals surface area contributed by atoms with Gasteiger partial charge in [0.2, 0.25) is 0 Å². The van der Waals surface area contributed by atoms with Crippen molar-refractivity contribution < 1.29 is 9.18 Å². The van der Waals surface area contributed by atoms with E-state index in [-0.39, 0.29) is 5.56 Å². The summed E-state index contributed by atoms with van der Waals surface area (Å²) in [7, 11) is 0. The number of hydrogen-bond donors (Lipinski definition) is 1. The minimum atomic E-state index is -0.547. The molecule has 0 fully saturated rings. The van der Waals surface area contributed by atoms with E-state index in [0.717, 1.165) is 42.8 Å². The summed E-state index contributed by atoms with van der Waals surface area (Å²) in [6.45, 7) is 3.43. The molecule has 7 nitrogen and oxygen atoms in total. The van der Waals surface area contributed by atoms with Gasteiger partial charge in [0.25, 0.3) is 5.91 Å². The molecule has 0 radical (unpaired) electrons. The quantitative estimate of drug-likeness (QED) is 0.292. The molecule has 4 rings (SSSR count). The maximum absolute atomic E-state index is 14.8. The van der Waals surface area contributed by atoms with Crippen LogP contribution in [-0.2, 0) is 13.0 Å². The fourth-order valence-corrected chi connectivity index (χ4v) is 3.76. The van der Waals surface area contributed by atoms with Gasteiger partial charge in [-0.1, -0.05) is 25.5 Å². The number of carbonyl (C=O) groups excluding carboxylic acids is 1. The van der Waals surface area contributed by atoms with Crippen molar-refractivity contribution in [2.75, 3.05) is 16.8 Å². The fraction of sp³-hybridized carbons (Fsp3) is 0.269. The number of benzene rings is 1. The molecule has 3 heterocycles. The predicted molar refractivity (Wildman–Crippen MR) is 133 cm³/mol. The average Bonchev–Trinajstić information content (AvgIpc) is 2.86. The Kier molecular flexibility index (Phi) is 7.70. The van der Waals surface area contributed by atoms with Crippen LogP contribution < -0.4 is 10.2 Å². The van der Waals surface area contributed by atoms with Crippen molar-refractivity contribution in [3.63, 3.8) is 0 Å². The van der Waals surface area contributed by atoms with Crippen LogP contribution in [0.15, 0.2) is 64.9 Å². The monoisotopic (exact) mass is 458 g/mol. The molecule has 1 N–H and O–H groups in total. The van der Waals surface area contributed by atoms with Gasteiger partial charge in [-0.3, -0.25) is 4.79 Å². The number of unbranched alkanes of at least 4 members (excludes halogenated alkanes) is 2. The average molecular weight is 459 g/mol. The van der Waals surface area contributed by atoms with Crippen molar-refractivity contribution >= 4 is 30.0 Å². The third-order valence-corrected chi connectivity index (χ3v) is 5.56. The molecule has 0 saturated heterocycles.